The molecule has 1 N–H and O–H groups in total. The van der Waals surface area contributed by atoms with Gasteiger partial charge < -0.3 is 5.11 Å². The fraction of sp³-hybridized carbons (Fsp3) is 0.500. The Hall–Kier alpha value is -3.02. The van der Waals surface area contributed by atoms with Crippen LogP contribution in [0.1, 0.15) is 92.8 Å². The molecule has 232 valence electrons. The van der Waals surface area contributed by atoms with Gasteiger partial charge in [-0.3, -0.25) is 4.90 Å². The van der Waals surface area contributed by atoms with Gasteiger partial charge in [0.1, 0.15) is 0 Å². The highest BCUT2D eigenvalue weighted by Crippen LogP contribution is 2.47. The Labute approximate surface area is 238 Å². The molecular weight excluding hydrogens is 577 g/mol. The molecule has 0 spiro atoms. The molecule has 0 radical (unpaired) electrons. The highest BCUT2D eigenvalue weighted by molar-refractivity contribution is 5.87. The maximum Gasteiger partial charge on any atom is 0.416 e. The second-order valence-electron chi connectivity index (χ2n) is 10.9. The number of carboxylic acids is 1. The first kappa shape index (κ1) is 33.5. The molecule has 1 heterocycles. The van der Waals surface area contributed by atoms with Gasteiger partial charge >= 0.3 is 24.5 Å². The van der Waals surface area contributed by atoms with E-state index < -0.39 is 58.8 Å². The molecule has 2 unspecified atom stereocenters. The Kier molecular flexibility index (Phi) is 10.1. The predicted octanol–water partition coefficient (Wildman–Crippen LogP) is 9.85. The second kappa shape index (κ2) is 12.7. The van der Waals surface area contributed by atoms with Crippen molar-refractivity contribution < 1.29 is 49.4 Å². The Bertz CT molecular complexity index is 1280. The fourth-order valence-corrected chi connectivity index (χ4v) is 5.54. The zero-order chi connectivity index (χ0) is 31.6. The third kappa shape index (κ3) is 7.87. The molecule has 1 fully saturated rings. The van der Waals surface area contributed by atoms with Gasteiger partial charge in [0.15, 0.2) is 0 Å². The van der Waals surface area contributed by atoms with Crippen molar-refractivity contribution in [3.05, 3.63) is 81.4 Å². The van der Waals surface area contributed by atoms with E-state index in [0.717, 1.165) is 12.1 Å². The molecule has 0 saturated carbocycles. The highest BCUT2D eigenvalue weighted by Gasteiger charge is 2.42. The van der Waals surface area contributed by atoms with E-state index in [2.05, 4.69) is 0 Å². The first-order chi connectivity index (χ1) is 19.3. The standard InChI is InChI=1S/C30H32F9NO2/c1-4-22(27(41)42)19-13-14-40(26(15-19)18-6-8-20(9-7-18)28(31,32)33)25(12-5-17(2)3)23-16-21(29(34,35)36)10-11-24(23)30(37,38)39/h6-11,16-17,25-26H,4-5,12-15H2,1-3H3,(H,41,42). The van der Waals surface area contributed by atoms with Crippen LogP contribution in [-0.2, 0) is 23.3 Å². The molecule has 0 aromatic heterocycles. The van der Waals surface area contributed by atoms with E-state index in [0.29, 0.717) is 30.2 Å². The van der Waals surface area contributed by atoms with Gasteiger partial charge in [-0.25, -0.2) is 4.79 Å². The van der Waals surface area contributed by atoms with Crippen LogP contribution >= 0.6 is 0 Å². The van der Waals surface area contributed by atoms with Crippen LogP contribution in [0, 0.1) is 5.92 Å². The molecule has 0 amide bonds. The van der Waals surface area contributed by atoms with Crippen molar-refractivity contribution in [2.24, 2.45) is 5.92 Å². The summed E-state index contributed by atoms with van der Waals surface area (Å²) in [6, 6.07) is 3.28. The summed E-state index contributed by atoms with van der Waals surface area (Å²) in [6.45, 7) is 5.25. The molecule has 0 bridgehead atoms. The van der Waals surface area contributed by atoms with Crippen LogP contribution in [-0.4, -0.2) is 22.5 Å². The molecule has 3 nitrogen and oxygen atoms in total. The lowest BCUT2D eigenvalue weighted by atomic mass is 9.83. The Morgan fingerprint density at radius 3 is 1.93 bits per heavy atom. The molecular formula is C30H32F9NO2. The lowest BCUT2D eigenvalue weighted by Crippen LogP contribution is -2.39. The zero-order valence-corrected chi connectivity index (χ0v) is 23.2. The minimum absolute atomic E-state index is 0.00585. The number of carbonyl (C=O) groups is 1. The van der Waals surface area contributed by atoms with Crippen LogP contribution in [0.15, 0.2) is 53.6 Å². The quantitative estimate of drug-likeness (QED) is 0.239. The second-order valence-corrected chi connectivity index (χ2v) is 10.9. The van der Waals surface area contributed by atoms with E-state index >= 15 is 0 Å². The summed E-state index contributed by atoms with van der Waals surface area (Å²) in [6.07, 6.45) is -13.9. The van der Waals surface area contributed by atoms with Crippen LogP contribution in [0.25, 0.3) is 0 Å². The predicted molar refractivity (Wildman–Crippen MR) is 138 cm³/mol. The van der Waals surface area contributed by atoms with E-state index in [1.165, 1.54) is 12.1 Å². The topological polar surface area (TPSA) is 40.5 Å². The number of alkyl halides is 9. The average Bonchev–Trinajstić information content (AvgIpc) is 2.87. The number of piperidine rings is 1. The molecule has 2 aromatic carbocycles. The normalized spacial score (nSPS) is 19.2. The van der Waals surface area contributed by atoms with Crippen molar-refractivity contribution in [3.8, 4) is 0 Å². The van der Waals surface area contributed by atoms with Gasteiger partial charge in [0.2, 0.25) is 0 Å². The van der Waals surface area contributed by atoms with Gasteiger partial charge in [-0.2, -0.15) is 39.5 Å². The van der Waals surface area contributed by atoms with Crippen molar-refractivity contribution in [2.75, 3.05) is 6.54 Å². The minimum atomic E-state index is -4.97. The third-order valence-electron chi connectivity index (χ3n) is 7.63. The molecule has 3 rings (SSSR count). The maximum absolute atomic E-state index is 14.2. The third-order valence-corrected chi connectivity index (χ3v) is 7.63. The number of rotatable bonds is 8. The summed E-state index contributed by atoms with van der Waals surface area (Å²) in [5.41, 5.74) is -3.11. The fourth-order valence-electron chi connectivity index (χ4n) is 5.54. The Morgan fingerprint density at radius 1 is 0.881 bits per heavy atom. The van der Waals surface area contributed by atoms with E-state index in [-0.39, 0.29) is 49.3 Å². The van der Waals surface area contributed by atoms with Crippen molar-refractivity contribution in [1.29, 1.82) is 0 Å². The number of nitrogens with zero attached hydrogens (tertiary/aromatic N) is 1. The maximum atomic E-state index is 14.2. The number of hydrogen-bond acceptors (Lipinski definition) is 2. The number of benzene rings is 2. The zero-order valence-electron chi connectivity index (χ0n) is 23.2. The van der Waals surface area contributed by atoms with Gasteiger partial charge in [0, 0.05) is 24.2 Å². The smallest absolute Gasteiger partial charge is 0.416 e. The first-order valence-electron chi connectivity index (χ1n) is 13.5. The number of carboxylic acid groups (broad SMARTS) is 1. The Morgan fingerprint density at radius 2 is 1.45 bits per heavy atom. The summed E-state index contributed by atoms with van der Waals surface area (Å²) in [4.78, 5) is 13.5. The highest BCUT2D eigenvalue weighted by atomic mass is 19.4. The van der Waals surface area contributed by atoms with Crippen molar-refractivity contribution in [3.63, 3.8) is 0 Å². The summed E-state index contributed by atoms with van der Waals surface area (Å²) < 4.78 is 124. The SMILES string of the molecule is CCC(C(=O)O)=C1CCN(C(CCC(C)C)c2cc(C(F)(F)F)ccc2C(F)(F)F)C(c2ccc(C(F)(F)F)cc2)C1. The van der Waals surface area contributed by atoms with Crippen molar-refractivity contribution in [2.45, 2.75) is 83.5 Å². The van der Waals surface area contributed by atoms with E-state index in [9.17, 15) is 49.4 Å². The van der Waals surface area contributed by atoms with E-state index in [1.54, 1.807) is 11.8 Å². The summed E-state index contributed by atoms with van der Waals surface area (Å²) in [5.74, 6) is -1.20. The monoisotopic (exact) mass is 609 g/mol. The molecule has 1 aliphatic heterocycles. The Balaban J connectivity index is 2.26. The molecule has 12 heteroatoms. The molecule has 1 saturated heterocycles. The van der Waals surface area contributed by atoms with Gasteiger partial charge in [-0.1, -0.05) is 38.5 Å². The number of likely N-dealkylation sites (tertiary alicyclic amines) is 1. The van der Waals surface area contributed by atoms with Crippen molar-refractivity contribution in [1.82, 2.24) is 4.90 Å². The van der Waals surface area contributed by atoms with E-state index in [4.69, 9.17) is 0 Å². The van der Waals surface area contributed by atoms with Crippen LogP contribution in [0.3, 0.4) is 0 Å². The molecule has 1 aliphatic rings. The van der Waals surface area contributed by atoms with Crippen LogP contribution in [0.2, 0.25) is 0 Å². The van der Waals surface area contributed by atoms with E-state index in [1.807, 2.05) is 13.8 Å². The molecule has 2 aromatic rings. The van der Waals surface area contributed by atoms with Gasteiger partial charge in [0.25, 0.3) is 0 Å². The first-order valence-corrected chi connectivity index (χ1v) is 13.5. The number of aliphatic carboxylic acids is 1. The summed E-state index contributed by atoms with van der Waals surface area (Å²) in [7, 11) is 0. The lowest BCUT2D eigenvalue weighted by Gasteiger charge is -2.44. The summed E-state index contributed by atoms with van der Waals surface area (Å²) >= 11 is 0. The molecule has 0 aliphatic carbocycles. The lowest BCUT2D eigenvalue weighted by molar-refractivity contribution is -0.142. The largest absolute Gasteiger partial charge is 0.478 e. The van der Waals surface area contributed by atoms with Crippen LogP contribution in [0.4, 0.5) is 39.5 Å². The molecule has 42 heavy (non-hydrogen) atoms. The van der Waals surface area contributed by atoms with Gasteiger partial charge in [-0.05, 0) is 79.5 Å². The van der Waals surface area contributed by atoms with Crippen LogP contribution < -0.4 is 0 Å². The van der Waals surface area contributed by atoms with Gasteiger partial charge in [0.05, 0.1) is 16.7 Å². The summed E-state index contributed by atoms with van der Waals surface area (Å²) in [5, 5.41) is 9.71. The number of hydrogen-bond donors (Lipinski definition) is 1. The van der Waals surface area contributed by atoms with Crippen molar-refractivity contribution >= 4 is 5.97 Å². The average molecular weight is 610 g/mol. The van der Waals surface area contributed by atoms with Crippen LogP contribution in [0.5, 0.6) is 0 Å². The minimum Gasteiger partial charge on any atom is -0.478 e. The molecule has 2 atom stereocenters. The number of halogens is 9. The van der Waals surface area contributed by atoms with Gasteiger partial charge in [-0.15, -0.1) is 0 Å².